The fourth-order valence-electron chi connectivity index (χ4n) is 3.44. The Morgan fingerprint density at radius 3 is 2.38 bits per heavy atom. The van der Waals surface area contributed by atoms with E-state index in [9.17, 15) is 0 Å². The van der Waals surface area contributed by atoms with Gasteiger partial charge in [0.15, 0.2) is 5.96 Å². The Morgan fingerprint density at radius 1 is 1.17 bits per heavy atom. The summed E-state index contributed by atoms with van der Waals surface area (Å²) in [5.74, 6) is 0.867. The van der Waals surface area contributed by atoms with Crippen molar-refractivity contribution in [1.29, 1.82) is 0 Å². The predicted octanol–water partition coefficient (Wildman–Crippen LogP) is 3.33. The van der Waals surface area contributed by atoms with Crippen LogP contribution in [-0.2, 0) is 17.8 Å². The molecule has 0 atom stereocenters. The highest BCUT2D eigenvalue weighted by atomic mass is 127. The van der Waals surface area contributed by atoms with Gasteiger partial charge in [-0.15, -0.1) is 24.0 Å². The predicted molar refractivity (Wildman–Crippen MR) is 133 cm³/mol. The normalized spacial score (nSPS) is 12.0. The summed E-state index contributed by atoms with van der Waals surface area (Å²) in [6.45, 7) is 20.2. The fraction of sp³-hybridized carbons (Fsp3) is 0.810. The van der Waals surface area contributed by atoms with Crippen LogP contribution in [0.15, 0.2) is 4.99 Å². The second-order valence-electron chi connectivity index (χ2n) is 7.77. The maximum atomic E-state index is 5.17. The van der Waals surface area contributed by atoms with Crippen molar-refractivity contribution in [1.82, 2.24) is 25.3 Å². The van der Waals surface area contributed by atoms with Gasteiger partial charge in [-0.2, -0.15) is 5.10 Å². The van der Waals surface area contributed by atoms with Crippen LogP contribution in [0.3, 0.4) is 0 Å². The van der Waals surface area contributed by atoms with Gasteiger partial charge in [0.2, 0.25) is 0 Å². The van der Waals surface area contributed by atoms with E-state index < -0.39 is 0 Å². The number of rotatable bonds is 12. The summed E-state index contributed by atoms with van der Waals surface area (Å²) in [6, 6.07) is 1.14. The maximum Gasteiger partial charge on any atom is 0.191 e. The Morgan fingerprint density at radius 2 is 1.83 bits per heavy atom. The highest BCUT2D eigenvalue weighted by Crippen LogP contribution is 2.14. The van der Waals surface area contributed by atoms with Crippen LogP contribution in [0.5, 0.6) is 0 Å². The molecule has 7 nitrogen and oxygen atoms in total. The number of nitrogens with zero attached hydrogens (tertiary/aromatic N) is 4. The summed E-state index contributed by atoms with van der Waals surface area (Å²) in [4.78, 5) is 7.30. The molecule has 1 aromatic rings. The molecular formula is C21H43IN6O. The largest absolute Gasteiger partial charge is 0.383 e. The average molecular weight is 523 g/mol. The summed E-state index contributed by atoms with van der Waals surface area (Å²) in [6.07, 6.45) is 1.09. The first kappa shape index (κ1) is 28.1. The molecular weight excluding hydrogens is 479 g/mol. The monoisotopic (exact) mass is 522 g/mol. The molecule has 8 heteroatoms. The van der Waals surface area contributed by atoms with E-state index in [1.807, 2.05) is 11.6 Å². The summed E-state index contributed by atoms with van der Waals surface area (Å²) < 4.78 is 7.18. The first-order valence-electron chi connectivity index (χ1n) is 10.6. The van der Waals surface area contributed by atoms with E-state index in [0.717, 1.165) is 44.3 Å². The number of methoxy groups -OCH3 is 1. The van der Waals surface area contributed by atoms with Gasteiger partial charge in [-0.1, -0.05) is 0 Å². The fourth-order valence-corrected chi connectivity index (χ4v) is 3.44. The van der Waals surface area contributed by atoms with Crippen molar-refractivity contribution >= 4 is 29.9 Å². The zero-order chi connectivity index (χ0) is 21.1. The third-order valence-corrected chi connectivity index (χ3v) is 4.99. The van der Waals surface area contributed by atoms with Crippen molar-refractivity contribution in [2.75, 3.05) is 33.4 Å². The van der Waals surface area contributed by atoms with Gasteiger partial charge in [-0.25, -0.2) is 4.99 Å². The van der Waals surface area contributed by atoms with Crippen LogP contribution in [0, 0.1) is 13.8 Å². The molecule has 1 aromatic heterocycles. The van der Waals surface area contributed by atoms with Crippen molar-refractivity contribution in [2.45, 2.75) is 80.1 Å². The minimum Gasteiger partial charge on any atom is -0.383 e. The minimum atomic E-state index is 0. The van der Waals surface area contributed by atoms with Gasteiger partial charge in [0, 0.05) is 50.1 Å². The van der Waals surface area contributed by atoms with Gasteiger partial charge in [-0.3, -0.25) is 9.58 Å². The van der Waals surface area contributed by atoms with E-state index >= 15 is 0 Å². The molecule has 0 aliphatic heterocycles. The van der Waals surface area contributed by atoms with Crippen LogP contribution < -0.4 is 10.6 Å². The van der Waals surface area contributed by atoms with Gasteiger partial charge < -0.3 is 15.4 Å². The number of guanidine groups is 1. The van der Waals surface area contributed by atoms with Crippen LogP contribution in [0.25, 0.3) is 0 Å². The second-order valence-corrected chi connectivity index (χ2v) is 7.77. The molecule has 0 saturated carbocycles. The van der Waals surface area contributed by atoms with Gasteiger partial charge >= 0.3 is 0 Å². The van der Waals surface area contributed by atoms with Gasteiger partial charge in [0.25, 0.3) is 0 Å². The molecule has 0 unspecified atom stereocenters. The third kappa shape index (κ3) is 9.65. The number of aromatic nitrogens is 2. The number of ether oxygens (including phenoxy) is 1. The lowest BCUT2D eigenvalue weighted by molar-refractivity contribution is 0.173. The van der Waals surface area contributed by atoms with Crippen LogP contribution in [0.4, 0.5) is 0 Å². The molecule has 0 bridgehead atoms. The summed E-state index contributed by atoms with van der Waals surface area (Å²) in [7, 11) is 1.72. The summed E-state index contributed by atoms with van der Waals surface area (Å²) in [5, 5.41) is 11.4. The van der Waals surface area contributed by atoms with Crippen molar-refractivity contribution in [2.24, 2.45) is 4.99 Å². The number of nitrogens with one attached hydrogen (secondary N) is 2. The van der Waals surface area contributed by atoms with Crippen molar-refractivity contribution in [3.05, 3.63) is 17.0 Å². The zero-order valence-electron chi connectivity index (χ0n) is 19.7. The molecule has 0 fully saturated rings. The molecule has 170 valence electrons. The molecule has 29 heavy (non-hydrogen) atoms. The smallest absolute Gasteiger partial charge is 0.191 e. The Kier molecular flexibility index (Phi) is 14.6. The van der Waals surface area contributed by atoms with E-state index in [2.05, 4.69) is 62.2 Å². The van der Waals surface area contributed by atoms with Gasteiger partial charge in [0.05, 0.1) is 25.4 Å². The highest BCUT2D eigenvalue weighted by molar-refractivity contribution is 14.0. The van der Waals surface area contributed by atoms with E-state index in [0.29, 0.717) is 25.2 Å². The Labute approximate surface area is 195 Å². The third-order valence-electron chi connectivity index (χ3n) is 4.99. The topological polar surface area (TPSA) is 66.7 Å². The lowest BCUT2D eigenvalue weighted by Crippen LogP contribution is -2.41. The Balaban J connectivity index is 0.00000784. The Hall–Kier alpha value is -0.870. The zero-order valence-corrected chi connectivity index (χ0v) is 22.0. The van der Waals surface area contributed by atoms with Crippen molar-refractivity contribution in [3.63, 3.8) is 0 Å². The second kappa shape index (κ2) is 15.0. The number of halogens is 1. The first-order valence-corrected chi connectivity index (χ1v) is 10.6. The van der Waals surface area contributed by atoms with Crippen molar-refractivity contribution in [3.8, 4) is 0 Å². The van der Waals surface area contributed by atoms with Crippen LogP contribution in [0.2, 0.25) is 0 Å². The number of aliphatic imine (C=N–C) groups is 1. The molecule has 2 N–H and O–H groups in total. The SMILES string of the molecule is CCNC(=NCc1c(C)nn(CCOC)c1C)NCCCN(C(C)C)C(C)C.I. The van der Waals surface area contributed by atoms with Crippen LogP contribution in [-0.4, -0.2) is 66.1 Å². The van der Waals surface area contributed by atoms with E-state index in [1.54, 1.807) is 7.11 Å². The number of aryl methyl sites for hydroxylation is 1. The Bertz CT molecular complexity index is 592. The standard InChI is InChI=1S/C21H42N6O.HI/c1-9-22-21(23-11-10-12-26(16(2)3)17(4)5)24-15-20-18(6)25-27(19(20)7)13-14-28-8;/h16-17H,9-15H2,1-8H3,(H2,22,23,24);1H. The quantitative estimate of drug-likeness (QED) is 0.191. The summed E-state index contributed by atoms with van der Waals surface area (Å²) in [5.41, 5.74) is 3.40. The van der Waals surface area contributed by atoms with Gasteiger partial charge in [0.1, 0.15) is 0 Å². The van der Waals surface area contributed by atoms with Crippen LogP contribution >= 0.6 is 24.0 Å². The number of hydrogen-bond acceptors (Lipinski definition) is 4. The average Bonchev–Trinajstić information content (AvgIpc) is 2.90. The van der Waals surface area contributed by atoms with Crippen LogP contribution in [0.1, 0.15) is 58.0 Å². The molecule has 0 aromatic carbocycles. The maximum absolute atomic E-state index is 5.17. The number of hydrogen-bond donors (Lipinski definition) is 2. The molecule has 1 rings (SSSR count). The van der Waals surface area contributed by atoms with E-state index in [4.69, 9.17) is 9.73 Å². The molecule has 0 aliphatic carbocycles. The highest BCUT2D eigenvalue weighted by Gasteiger charge is 2.13. The van der Waals surface area contributed by atoms with Gasteiger partial charge in [-0.05, 0) is 54.9 Å². The molecule has 0 radical (unpaired) electrons. The first-order chi connectivity index (χ1) is 13.3. The van der Waals surface area contributed by atoms with Crippen molar-refractivity contribution < 1.29 is 4.74 Å². The molecule has 0 saturated heterocycles. The summed E-state index contributed by atoms with van der Waals surface area (Å²) >= 11 is 0. The molecule has 0 amide bonds. The molecule has 0 spiro atoms. The van der Waals surface area contributed by atoms with E-state index in [-0.39, 0.29) is 24.0 Å². The lowest BCUT2D eigenvalue weighted by Gasteiger charge is -2.30. The van der Waals surface area contributed by atoms with E-state index in [1.165, 1.54) is 11.3 Å². The minimum absolute atomic E-state index is 0. The molecule has 1 heterocycles. The lowest BCUT2D eigenvalue weighted by atomic mass is 10.2. The molecule has 0 aliphatic rings.